The van der Waals surface area contributed by atoms with E-state index in [1.807, 2.05) is 6.92 Å². The summed E-state index contributed by atoms with van der Waals surface area (Å²) in [5.74, 6) is 0.485. The van der Waals surface area contributed by atoms with E-state index >= 15 is 0 Å². The summed E-state index contributed by atoms with van der Waals surface area (Å²) in [5, 5.41) is 11.4. The van der Waals surface area contributed by atoms with Crippen molar-refractivity contribution in [3.8, 4) is 28.7 Å². The molecule has 1 saturated heterocycles. The molecule has 0 aliphatic carbocycles. The fourth-order valence-corrected chi connectivity index (χ4v) is 4.51. The second-order valence-corrected chi connectivity index (χ2v) is 8.28. The molecule has 1 N–H and O–H groups in total. The van der Waals surface area contributed by atoms with Crippen molar-refractivity contribution < 1.29 is 38.4 Å². The van der Waals surface area contributed by atoms with Crippen LogP contribution in [0.3, 0.4) is 0 Å². The Morgan fingerprint density at radius 2 is 1.78 bits per heavy atom. The minimum Gasteiger partial charge on any atom is -0.507 e. The van der Waals surface area contributed by atoms with Crippen LogP contribution in [-0.4, -0.2) is 44.4 Å². The number of carbonyl (C=O) groups is 2. The van der Waals surface area contributed by atoms with Gasteiger partial charge in [-0.2, -0.15) is 0 Å². The molecule has 0 aromatic heterocycles. The Balaban J connectivity index is 1.72. The fourth-order valence-electron chi connectivity index (χ4n) is 4.51. The fraction of sp³-hybridized carbons (Fsp3) is 0.214. The second kappa shape index (κ2) is 9.77. The summed E-state index contributed by atoms with van der Waals surface area (Å²) in [6, 6.07) is 15.8. The third-order valence-corrected chi connectivity index (χ3v) is 6.23. The first-order valence-corrected chi connectivity index (χ1v) is 11.6. The van der Waals surface area contributed by atoms with Gasteiger partial charge in [-0.25, -0.2) is 0 Å². The monoisotopic (exact) mass is 503 g/mol. The van der Waals surface area contributed by atoms with Gasteiger partial charge in [-0.1, -0.05) is 12.1 Å². The zero-order valence-electron chi connectivity index (χ0n) is 20.5. The van der Waals surface area contributed by atoms with Gasteiger partial charge in [0.05, 0.1) is 32.4 Å². The molecular formula is C28H25NO8. The molecule has 9 nitrogen and oxygen atoms in total. The van der Waals surface area contributed by atoms with Gasteiger partial charge < -0.3 is 28.8 Å². The quantitative estimate of drug-likeness (QED) is 0.286. The largest absolute Gasteiger partial charge is 0.507 e. The molecule has 0 bridgehead atoms. The van der Waals surface area contributed by atoms with Crippen LogP contribution >= 0.6 is 0 Å². The third kappa shape index (κ3) is 4.18. The zero-order valence-corrected chi connectivity index (χ0v) is 20.5. The second-order valence-electron chi connectivity index (χ2n) is 8.28. The standard InChI is InChI=1S/C28H25NO8/c1-4-35-22-12-16(8-10-20(22)34-3)25-24(26(30)17-9-11-21-23(13-17)37-15-36-21)27(31)28(32)29(25)18-6-5-7-19(14-18)33-2/h5-14,25,30H,4,15H2,1-3H3/b26-24+. The van der Waals surface area contributed by atoms with Crippen LogP contribution in [0.15, 0.2) is 66.2 Å². The lowest BCUT2D eigenvalue weighted by molar-refractivity contribution is -0.132. The first-order valence-electron chi connectivity index (χ1n) is 11.6. The average Bonchev–Trinajstić information content (AvgIpc) is 3.50. The van der Waals surface area contributed by atoms with Crippen LogP contribution in [0.4, 0.5) is 5.69 Å². The molecule has 0 spiro atoms. The smallest absolute Gasteiger partial charge is 0.300 e. The highest BCUT2D eigenvalue weighted by molar-refractivity contribution is 6.51. The van der Waals surface area contributed by atoms with Crippen LogP contribution in [0.25, 0.3) is 5.76 Å². The number of fused-ring (bicyclic) bond motifs is 1. The summed E-state index contributed by atoms with van der Waals surface area (Å²) < 4.78 is 27.3. The van der Waals surface area contributed by atoms with Crippen molar-refractivity contribution in [3.05, 3.63) is 77.4 Å². The number of aliphatic hydroxyl groups excluding tert-OH is 1. The Labute approximate surface area is 213 Å². The van der Waals surface area contributed by atoms with Gasteiger partial charge in [-0.15, -0.1) is 0 Å². The number of anilines is 1. The van der Waals surface area contributed by atoms with E-state index in [0.717, 1.165) is 0 Å². The molecular weight excluding hydrogens is 478 g/mol. The SMILES string of the molecule is CCOc1cc(C2/C(=C(\O)c3ccc4c(c3)OCO4)C(=O)C(=O)N2c2cccc(OC)c2)ccc1OC. The van der Waals surface area contributed by atoms with Crippen LogP contribution < -0.4 is 28.6 Å². The van der Waals surface area contributed by atoms with Crippen LogP contribution in [0.5, 0.6) is 28.7 Å². The Hall–Kier alpha value is -4.66. The van der Waals surface area contributed by atoms with Crippen molar-refractivity contribution in [1.82, 2.24) is 0 Å². The van der Waals surface area contributed by atoms with Crippen molar-refractivity contribution in [2.75, 3.05) is 32.5 Å². The Kier molecular flexibility index (Phi) is 6.35. The van der Waals surface area contributed by atoms with E-state index in [0.29, 0.717) is 52.2 Å². The molecule has 1 atom stereocenters. The lowest BCUT2D eigenvalue weighted by Gasteiger charge is -2.26. The minimum atomic E-state index is -0.956. The zero-order chi connectivity index (χ0) is 26.1. The van der Waals surface area contributed by atoms with E-state index < -0.39 is 17.7 Å². The topological polar surface area (TPSA) is 104 Å². The van der Waals surface area contributed by atoms with Gasteiger partial charge in [0.15, 0.2) is 23.0 Å². The summed E-state index contributed by atoms with van der Waals surface area (Å²) in [6.07, 6.45) is 0. The molecule has 2 heterocycles. The summed E-state index contributed by atoms with van der Waals surface area (Å²) >= 11 is 0. The van der Waals surface area contributed by atoms with E-state index in [-0.39, 0.29) is 18.1 Å². The molecule has 3 aromatic carbocycles. The van der Waals surface area contributed by atoms with Crippen molar-refractivity contribution in [2.24, 2.45) is 0 Å². The van der Waals surface area contributed by atoms with Gasteiger partial charge in [0, 0.05) is 17.3 Å². The van der Waals surface area contributed by atoms with Gasteiger partial charge in [0.25, 0.3) is 11.7 Å². The van der Waals surface area contributed by atoms with Crippen LogP contribution in [0.2, 0.25) is 0 Å². The van der Waals surface area contributed by atoms with Crippen molar-refractivity contribution in [2.45, 2.75) is 13.0 Å². The van der Waals surface area contributed by atoms with E-state index in [9.17, 15) is 14.7 Å². The molecule has 9 heteroatoms. The first-order chi connectivity index (χ1) is 18.0. The number of nitrogens with zero attached hydrogens (tertiary/aromatic N) is 1. The number of Topliss-reactive ketones (excluding diaryl/α,β-unsaturated/α-hetero) is 1. The lowest BCUT2D eigenvalue weighted by Crippen LogP contribution is -2.29. The Morgan fingerprint density at radius 3 is 2.54 bits per heavy atom. The molecule has 0 radical (unpaired) electrons. The van der Waals surface area contributed by atoms with E-state index in [1.54, 1.807) is 60.7 Å². The number of aliphatic hydroxyl groups is 1. The number of carbonyl (C=O) groups excluding carboxylic acids is 2. The maximum absolute atomic E-state index is 13.5. The highest BCUT2D eigenvalue weighted by Crippen LogP contribution is 2.45. The number of rotatable bonds is 7. The number of methoxy groups -OCH3 is 2. The molecule has 2 aliphatic heterocycles. The number of hydrogen-bond donors (Lipinski definition) is 1. The molecule has 1 unspecified atom stereocenters. The molecule has 1 fully saturated rings. The minimum absolute atomic E-state index is 0.0613. The summed E-state index contributed by atoms with van der Waals surface area (Å²) in [5.41, 5.74) is 1.23. The lowest BCUT2D eigenvalue weighted by atomic mass is 9.94. The predicted octanol–water partition coefficient (Wildman–Crippen LogP) is 4.46. The molecule has 5 rings (SSSR count). The van der Waals surface area contributed by atoms with Gasteiger partial charge in [-0.05, 0) is 55.0 Å². The third-order valence-electron chi connectivity index (χ3n) is 6.23. The van der Waals surface area contributed by atoms with Gasteiger partial charge in [0.1, 0.15) is 11.5 Å². The molecule has 190 valence electrons. The normalized spacial score (nSPS) is 17.7. The van der Waals surface area contributed by atoms with E-state index in [4.69, 9.17) is 23.7 Å². The van der Waals surface area contributed by atoms with Crippen LogP contribution in [-0.2, 0) is 9.59 Å². The molecule has 37 heavy (non-hydrogen) atoms. The van der Waals surface area contributed by atoms with Crippen molar-refractivity contribution >= 4 is 23.1 Å². The van der Waals surface area contributed by atoms with Crippen molar-refractivity contribution in [1.29, 1.82) is 0 Å². The highest BCUT2D eigenvalue weighted by atomic mass is 16.7. The van der Waals surface area contributed by atoms with Crippen molar-refractivity contribution in [3.63, 3.8) is 0 Å². The summed E-state index contributed by atoms with van der Waals surface area (Å²) in [6.45, 7) is 2.28. The van der Waals surface area contributed by atoms with E-state index in [1.165, 1.54) is 19.1 Å². The molecule has 3 aromatic rings. The number of amides is 1. The highest BCUT2D eigenvalue weighted by Gasteiger charge is 2.47. The maximum atomic E-state index is 13.5. The summed E-state index contributed by atoms with van der Waals surface area (Å²) in [7, 11) is 3.04. The van der Waals surface area contributed by atoms with Crippen LogP contribution in [0.1, 0.15) is 24.1 Å². The number of hydrogen-bond acceptors (Lipinski definition) is 8. The first kappa shape index (κ1) is 24.1. The van der Waals surface area contributed by atoms with Gasteiger partial charge in [0.2, 0.25) is 6.79 Å². The Bertz CT molecular complexity index is 1410. The van der Waals surface area contributed by atoms with E-state index in [2.05, 4.69) is 0 Å². The molecule has 2 aliphatic rings. The van der Waals surface area contributed by atoms with Gasteiger partial charge >= 0.3 is 0 Å². The van der Waals surface area contributed by atoms with Gasteiger partial charge in [-0.3, -0.25) is 14.5 Å². The number of ether oxygens (including phenoxy) is 5. The predicted molar refractivity (Wildman–Crippen MR) is 135 cm³/mol. The molecule has 1 amide bonds. The number of benzene rings is 3. The average molecular weight is 504 g/mol. The maximum Gasteiger partial charge on any atom is 0.300 e. The van der Waals surface area contributed by atoms with Crippen LogP contribution in [0, 0.1) is 0 Å². The molecule has 0 saturated carbocycles. The summed E-state index contributed by atoms with van der Waals surface area (Å²) in [4.78, 5) is 28.3. The Morgan fingerprint density at radius 1 is 0.973 bits per heavy atom. The number of ketones is 1.